The molecule has 1 amide bonds. The van der Waals surface area contributed by atoms with Gasteiger partial charge in [0, 0.05) is 26.0 Å². The molecule has 1 unspecified atom stereocenters. The molecule has 0 aromatic heterocycles. The summed E-state index contributed by atoms with van der Waals surface area (Å²) in [4.78, 5) is 25.1. The van der Waals surface area contributed by atoms with Crippen LogP contribution in [-0.2, 0) is 9.59 Å². The SMILES string of the molecule is CC(=O)CCCCN1C(=O)C(CCO)Oc2ccccc21. The van der Waals surface area contributed by atoms with Crippen LogP contribution >= 0.6 is 0 Å². The first-order valence-corrected chi connectivity index (χ1v) is 7.31. The van der Waals surface area contributed by atoms with Crippen molar-refractivity contribution in [3.63, 3.8) is 0 Å². The highest BCUT2D eigenvalue weighted by atomic mass is 16.5. The first-order valence-electron chi connectivity index (χ1n) is 7.31. The van der Waals surface area contributed by atoms with Crippen LogP contribution in [0.5, 0.6) is 5.75 Å². The van der Waals surface area contributed by atoms with Crippen molar-refractivity contribution in [3.8, 4) is 5.75 Å². The first kappa shape index (κ1) is 15.5. The number of ether oxygens (including phenoxy) is 1. The van der Waals surface area contributed by atoms with Crippen molar-refractivity contribution in [3.05, 3.63) is 24.3 Å². The van der Waals surface area contributed by atoms with E-state index in [9.17, 15) is 9.59 Å². The average molecular weight is 291 g/mol. The minimum atomic E-state index is -0.627. The van der Waals surface area contributed by atoms with Crippen LogP contribution in [0, 0.1) is 0 Å². The van der Waals surface area contributed by atoms with E-state index in [1.54, 1.807) is 11.8 Å². The number of nitrogens with zero attached hydrogens (tertiary/aromatic N) is 1. The van der Waals surface area contributed by atoms with Crippen LogP contribution in [0.25, 0.3) is 0 Å². The van der Waals surface area contributed by atoms with Crippen molar-refractivity contribution in [2.24, 2.45) is 0 Å². The number of rotatable bonds is 7. The lowest BCUT2D eigenvalue weighted by Gasteiger charge is -2.34. The highest BCUT2D eigenvalue weighted by Gasteiger charge is 2.33. The molecule has 0 saturated heterocycles. The van der Waals surface area contributed by atoms with Crippen molar-refractivity contribution in [1.82, 2.24) is 0 Å². The van der Waals surface area contributed by atoms with Crippen molar-refractivity contribution in [1.29, 1.82) is 0 Å². The van der Waals surface area contributed by atoms with E-state index < -0.39 is 6.10 Å². The Labute approximate surface area is 124 Å². The van der Waals surface area contributed by atoms with Crippen LogP contribution in [-0.4, -0.2) is 36.1 Å². The number of hydrogen-bond donors (Lipinski definition) is 1. The van der Waals surface area contributed by atoms with Gasteiger partial charge in [-0.05, 0) is 31.9 Å². The molecule has 0 radical (unpaired) electrons. The number of hydrogen-bond acceptors (Lipinski definition) is 4. The Bertz CT molecular complexity index is 515. The first-order chi connectivity index (χ1) is 10.1. The van der Waals surface area contributed by atoms with Gasteiger partial charge in [-0.15, -0.1) is 0 Å². The van der Waals surface area contributed by atoms with Crippen molar-refractivity contribution >= 4 is 17.4 Å². The van der Waals surface area contributed by atoms with Crippen molar-refractivity contribution < 1.29 is 19.4 Å². The van der Waals surface area contributed by atoms with E-state index in [4.69, 9.17) is 9.84 Å². The second-order valence-corrected chi connectivity index (χ2v) is 5.24. The number of carbonyl (C=O) groups is 2. The maximum Gasteiger partial charge on any atom is 0.268 e. The second-order valence-electron chi connectivity index (χ2n) is 5.24. The quantitative estimate of drug-likeness (QED) is 0.779. The van der Waals surface area contributed by atoms with E-state index in [0.29, 0.717) is 18.7 Å². The third-order valence-electron chi connectivity index (χ3n) is 3.52. The normalized spacial score (nSPS) is 17.3. The average Bonchev–Trinajstić information content (AvgIpc) is 2.46. The number of amides is 1. The Balaban J connectivity index is 2.09. The summed E-state index contributed by atoms with van der Waals surface area (Å²) in [6, 6.07) is 7.41. The third-order valence-corrected chi connectivity index (χ3v) is 3.52. The van der Waals surface area contributed by atoms with E-state index >= 15 is 0 Å². The van der Waals surface area contributed by atoms with E-state index in [1.807, 2.05) is 24.3 Å². The van der Waals surface area contributed by atoms with Gasteiger partial charge in [-0.2, -0.15) is 0 Å². The molecule has 1 N–H and O–H groups in total. The fraction of sp³-hybridized carbons (Fsp3) is 0.500. The van der Waals surface area contributed by atoms with Gasteiger partial charge >= 0.3 is 0 Å². The number of carbonyl (C=O) groups excluding carboxylic acids is 2. The number of benzene rings is 1. The number of ketones is 1. The zero-order chi connectivity index (χ0) is 15.2. The predicted molar refractivity (Wildman–Crippen MR) is 79.4 cm³/mol. The van der Waals surface area contributed by atoms with Gasteiger partial charge in [0.1, 0.15) is 11.5 Å². The Kier molecular flexibility index (Phi) is 5.33. The lowest BCUT2D eigenvalue weighted by Crippen LogP contribution is -2.46. The molecule has 0 spiro atoms. The van der Waals surface area contributed by atoms with E-state index in [1.165, 1.54) is 0 Å². The lowest BCUT2D eigenvalue weighted by molar-refractivity contribution is -0.127. The molecule has 1 atom stereocenters. The van der Waals surface area contributed by atoms with Crippen LogP contribution in [0.2, 0.25) is 0 Å². The van der Waals surface area contributed by atoms with Gasteiger partial charge in [0.05, 0.1) is 5.69 Å². The predicted octanol–water partition coefficient (Wildman–Crippen LogP) is 1.92. The van der Waals surface area contributed by atoms with Gasteiger partial charge in [0.25, 0.3) is 5.91 Å². The molecule has 1 aliphatic rings. The van der Waals surface area contributed by atoms with Crippen LogP contribution in [0.15, 0.2) is 24.3 Å². The number of aliphatic hydroxyl groups is 1. The summed E-state index contributed by atoms with van der Waals surface area (Å²) >= 11 is 0. The number of anilines is 1. The van der Waals surface area contributed by atoms with Gasteiger partial charge in [0.2, 0.25) is 0 Å². The highest BCUT2D eigenvalue weighted by Crippen LogP contribution is 2.34. The Morgan fingerprint density at radius 1 is 1.33 bits per heavy atom. The molecule has 21 heavy (non-hydrogen) atoms. The van der Waals surface area contributed by atoms with E-state index in [0.717, 1.165) is 18.5 Å². The van der Waals surface area contributed by atoms with Crippen LogP contribution in [0.1, 0.15) is 32.6 Å². The summed E-state index contributed by atoms with van der Waals surface area (Å²) in [6.45, 7) is 2.05. The molecule has 2 rings (SSSR count). The Morgan fingerprint density at radius 2 is 2.10 bits per heavy atom. The summed E-state index contributed by atoms with van der Waals surface area (Å²) in [7, 11) is 0. The van der Waals surface area contributed by atoms with Gasteiger partial charge in [0.15, 0.2) is 6.10 Å². The Hall–Kier alpha value is -1.88. The lowest BCUT2D eigenvalue weighted by atomic mass is 10.1. The molecular formula is C16H21NO4. The maximum atomic E-state index is 12.4. The van der Waals surface area contributed by atoms with Crippen LogP contribution in [0.3, 0.4) is 0 Å². The largest absolute Gasteiger partial charge is 0.478 e. The standard InChI is InChI=1S/C16H21NO4/c1-12(19)6-4-5-10-17-13-7-2-3-8-14(13)21-15(9-11-18)16(17)20/h2-3,7-8,15,18H,4-6,9-11H2,1H3. The number of unbranched alkanes of at least 4 members (excludes halogenated alkanes) is 1. The fourth-order valence-corrected chi connectivity index (χ4v) is 2.45. The molecular weight excluding hydrogens is 270 g/mol. The smallest absolute Gasteiger partial charge is 0.268 e. The van der Waals surface area contributed by atoms with Gasteiger partial charge in [-0.1, -0.05) is 12.1 Å². The Morgan fingerprint density at radius 3 is 2.81 bits per heavy atom. The van der Waals surface area contributed by atoms with Crippen molar-refractivity contribution in [2.75, 3.05) is 18.1 Å². The third kappa shape index (κ3) is 3.82. The maximum absolute atomic E-state index is 12.4. The van der Waals surface area contributed by atoms with E-state index in [2.05, 4.69) is 0 Å². The van der Waals surface area contributed by atoms with Gasteiger partial charge in [-0.25, -0.2) is 0 Å². The molecule has 1 heterocycles. The summed E-state index contributed by atoms with van der Waals surface area (Å²) in [5.41, 5.74) is 0.763. The monoisotopic (exact) mass is 291 g/mol. The minimum Gasteiger partial charge on any atom is -0.478 e. The van der Waals surface area contributed by atoms with Crippen LogP contribution in [0.4, 0.5) is 5.69 Å². The number of fused-ring (bicyclic) bond motifs is 1. The van der Waals surface area contributed by atoms with Gasteiger partial charge < -0.3 is 19.5 Å². The fourth-order valence-electron chi connectivity index (χ4n) is 2.45. The zero-order valence-electron chi connectivity index (χ0n) is 12.2. The number of Topliss-reactive ketones (excluding diaryl/α,β-unsaturated/α-hetero) is 1. The molecule has 1 aromatic carbocycles. The summed E-state index contributed by atoms with van der Waals surface area (Å²) < 4.78 is 5.65. The topological polar surface area (TPSA) is 66.8 Å². The van der Waals surface area contributed by atoms with Crippen LogP contribution < -0.4 is 9.64 Å². The van der Waals surface area contributed by atoms with Gasteiger partial charge in [-0.3, -0.25) is 4.79 Å². The molecule has 0 saturated carbocycles. The molecule has 114 valence electrons. The molecule has 5 nitrogen and oxygen atoms in total. The summed E-state index contributed by atoms with van der Waals surface area (Å²) in [6.07, 6.45) is 1.74. The second kappa shape index (κ2) is 7.22. The summed E-state index contributed by atoms with van der Waals surface area (Å²) in [5, 5.41) is 9.06. The molecule has 1 aliphatic heterocycles. The molecule has 5 heteroatoms. The minimum absolute atomic E-state index is 0.0866. The van der Waals surface area contributed by atoms with E-state index in [-0.39, 0.29) is 24.7 Å². The highest BCUT2D eigenvalue weighted by molar-refractivity contribution is 6.00. The molecule has 0 aliphatic carbocycles. The zero-order valence-corrected chi connectivity index (χ0v) is 12.2. The molecule has 0 bridgehead atoms. The number of aliphatic hydroxyl groups excluding tert-OH is 1. The number of para-hydroxylation sites is 2. The van der Waals surface area contributed by atoms with Crippen molar-refractivity contribution in [2.45, 2.75) is 38.7 Å². The molecule has 1 aromatic rings. The summed E-state index contributed by atoms with van der Waals surface area (Å²) in [5.74, 6) is 0.717. The molecule has 0 fully saturated rings.